The Kier molecular flexibility index (Phi) is 6.59. The highest BCUT2D eigenvalue weighted by atomic mass is 16.5. The van der Waals surface area contributed by atoms with Crippen LogP contribution in [-0.2, 0) is 9.53 Å². The topological polar surface area (TPSA) is 26.3 Å². The summed E-state index contributed by atoms with van der Waals surface area (Å²) >= 11 is 0. The quantitative estimate of drug-likeness (QED) is 0.358. The molecule has 0 heterocycles. The molecule has 12 heavy (non-hydrogen) atoms. The van der Waals surface area contributed by atoms with Gasteiger partial charge in [0, 0.05) is 6.42 Å². The Hall–Kier alpha value is -1.54. The number of carbonyl (C=O) groups excluding carboxylic acids is 1. The van der Waals surface area contributed by atoms with Gasteiger partial charge in [-0.25, -0.2) is 5.92 Å². The first-order chi connectivity index (χ1) is 5.81. The average Bonchev–Trinajstić information content (AvgIpc) is 2.09. The van der Waals surface area contributed by atoms with Crippen molar-refractivity contribution in [3.63, 3.8) is 0 Å². The summed E-state index contributed by atoms with van der Waals surface area (Å²) in [6.07, 6.45) is 4.41. The lowest BCUT2D eigenvalue weighted by Gasteiger charge is -1.92. The number of rotatable bonds is 3. The molecule has 0 aromatic carbocycles. The van der Waals surface area contributed by atoms with E-state index in [1.54, 1.807) is 0 Å². The van der Waals surface area contributed by atoms with Crippen LogP contribution >= 0.6 is 0 Å². The Bertz CT molecular complexity index is 244. The van der Waals surface area contributed by atoms with E-state index in [0.717, 1.165) is 12.8 Å². The normalized spacial score (nSPS) is 7.08. The maximum atomic E-state index is 10.8. The van der Waals surface area contributed by atoms with Crippen molar-refractivity contribution >= 4 is 5.97 Å². The van der Waals surface area contributed by atoms with Crippen LogP contribution in [0.3, 0.4) is 0 Å². The predicted molar refractivity (Wildman–Crippen MR) is 46.5 cm³/mol. The van der Waals surface area contributed by atoms with E-state index in [-0.39, 0.29) is 5.97 Å². The Labute approximate surface area is 73.3 Å². The zero-order valence-corrected chi connectivity index (χ0v) is 7.14. The van der Waals surface area contributed by atoms with Crippen LogP contribution in [0.1, 0.15) is 26.2 Å². The van der Waals surface area contributed by atoms with Gasteiger partial charge in [0.15, 0.2) is 0 Å². The van der Waals surface area contributed by atoms with Gasteiger partial charge in [0.2, 0.25) is 0 Å². The molecule has 0 rings (SSSR count). The third-order valence-corrected chi connectivity index (χ3v) is 1.10. The van der Waals surface area contributed by atoms with Crippen molar-refractivity contribution in [1.29, 1.82) is 0 Å². The number of esters is 1. The summed E-state index contributed by atoms with van der Waals surface area (Å²) in [5.41, 5.74) is 0. The molecule has 0 saturated carbocycles. The smallest absolute Gasteiger partial charge is 0.319 e. The Morgan fingerprint density at radius 1 is 1.50 bits per heavy atom. The largest absolute Gasteiger partial charge is 0.373 e. The Morgan fingerprint density at radius 2 is 2.25 bits per heavy atom. The van der Waals surface area contributed by atoms with Crippen molar-refractivity contribution in [3.05, 3.63) is 6.92 Å². The Balaban J connectivity index is 3.56. The number of hydrogen-bond donors (Lipinski definition) is 0. The van der Waals surface area contributed by atoms with E-state index < -0.39 is 0 Å². The molecule has 0 aliphatic carbocycles. The molecule has 0 unspecified atom stereocenters. The van der Waals surface area contributed by atoms with Gasteiger partial charge in [-0.05, 0) is 6.42 Å². The molecule has 0 bridgehead atoms. The molecule has 0 spiro atoms. The lowest BCUT2D eigenvalue weighted by molar-refractivity contribution is -0.136. The number of carbonyl (C=O) groups is 1. The molecule has 0 N–H and O–H groups in total. The van der Waals surface area contributed by atoms with Crippen LogP contribution in [0.4, 0.5) is 0 Å². The van der Waals surface area contributed by atoms with Gasteiger partial charge in [0.05, 0.1) is 0 Å². The third kappa shape index (κ3) is 6.58. The first kappa shape index (κ1) is 10.5. The van der Waals surface area contributed by atoms with Crippen molar-refractivity contribution in [2.24, 2.45) is 0 Å². The standard InChI is InChI=1S/C10H11O2/c1-3-5-7-9-12-10(11)8-6-4-2/h1,4,6,8H2,2H3/q-1. The second-order valence-corrected chi connectivity index (χ2v) is 2.11. The molecule has 0 aliphatic heterocycles. The molecule has 2 nitrogen and oxygen atoms in total. The summed E-state index contributed by atoms with van der Waals surface area (Å²) in [6.45, 7) is 5.25. The molecule has 0 radical (unpaired) electrons. The molecule has 64 valence electrons. The van der Waals surface area contributed by atoms with Gasteiger partial charge < -0.3 is 4.74 Å². The van der Waals surface area contributed by atoms with E-state index in [1.165, 1.54) is 0 Å². The lowest BCUT2D eigenvalue weighted by atomic mass is 10.3. The van der Waals surface area contributed by atoms with E-state index in [2.05, 4.69) is 35.5 Å². The zero-order valence-electron chi connectivity index (χ0n) is 7.14. The van der Waals surface area contributed by atoms with E-state index in [9.17, 15) is 4.79 Å². The van der Waals surface area contributed by atoms with Crippen LogP contribution in [0, 0.1) is 30.8 Å². The minimum atomic E-state index is -0.296. The fourth-order valence-corrected chi connectivity index (χ4v) is 0.524. The van der Waals surface area contributed by atoms with Gasteiger partial charge in [-0.1, -0.05) is 19.3 Å². The number of hydrogen-bond acceptors (Lipinski definition) is 2. The van der Waals surface area contributed by atoms with Gasteiger partial charge in [0.25, 0.3) is 0 Å². The maximum absolute atomic E-state index is 10.8. The molecule has 0 amide bonds. The first-order valence-corrected chi connectivity index (χ1v) is 3.78. The Morgan fingerprint density at radius 3 is 2.83 bits per heavy atom. The van der Waals surface area contributed by atoms with E-state index in [0.29, 0.717) is 6.42 Å². The summed E-state index contributed by atoms with van der Waals surface area (Å²) in [4.78, 5) is 10.8. The van der Waals surface area contributed by atoms with Crippen LogP contribution in [0.5, 0.6) is 0 Å². The van der Waals surface area contributed by atoms with Crippen molar-refractivity contribution in [1.82, 2.24) is 0 Å². The van der Waals surface area contributed by atoms with Crippen LogP contribution in [0.25, 0.3) is 0 Å². The summed E-state index contributed by atoms with van der Waals surface area (Å²) < 4.78 is 4.52. The molecule has 0 saturated heterocycles. The van der Waals surface area contributed by atoms with E-state index >= 15 is 0 Å². The number of unbranched alkanes of at least 4 members (excludes halogenated alkanes) is 1. The van der Waals surface area contributed by atoms with E-state index in [4.69, 9.17) is 0 Å². The van der Waals surface area contributed by atoms with Crippen molar-refractivity contribution in [2.45, 2.75) is 26.2 Å². The van der Waals surface area contributed by atoms with Gasteiger partial charge in [0.1, 0.15) is 6.11 Å². The lowest BCUT2D eigenvalue weighted by Crippen LogP contribution is -1.98. The molecule has 0 aliphatic rings. The zero-order chi connectivity index (χ0) is 9.23. The van der Waals surface area contributed by atoms with Crippen LogP contribution in [-0.4, -0.2) is 5.97 Å². The minimum Gasteiger partial charge on any atom is -0.373 e. The molecular weight excluding hydrogens is 152 g/mol. The molecule has 0 aromatic heterocycles. The van der Waals surface area contributed by atoms with Crippen LogP contribution < -0.4 is 0 Å². The van der Waals surface area contributed by atoms with Crippen molar-refractivity contribution in [2.75, 3.05) is 0 Å². The van der Waals surface area contributed by atoms with Gasteiger partial charge in [-0.3, -0.25) is 10.7 Å². The third-order valence-electron chi connectivity index (χ3n) is 1.10. The van der Waals surface area contributed by atoms with Crippen molar-refractivity contribution in [3.8, 4) is 23.9 Å². The monoisotopic (exact) mass is 163 g/mol. The molecule has 0 fully saturated rings. The van der Waals surface area contributed by atoms with Gasteiger partial charge in [-0.2, -0.15) is 6.92 Å². The van der Waals surface area contributed by atoms with Crippen molar-refractivity contribution < 1.29 is 9.53 Å². The molecule has 2 heteroatoms. The summed E-state index contributed by atoms with van der Waals surface area (Å²) in [7, 11) is 0. The maximum Gasteiger partial charge on any atom is 0.319 e. The summed E-state index contributed by atoms with van der Waals surface area (Å²) in [5, 5.41) is 0. The second-order valence-electron chi connectivity index (χ2n) is 2.11. The second kappa shape index (κ2) is 7.57. The minimum absolute atomic E-state index is 0.296. The highest BCUT2D eigenvalue weighted by Gasteiger charge is 1.97. The van der Waals surface area contributed by atoms with E-state index in [1.807, 2.05) is 6.92 Å². The average molecular weight is 163 g/mol. The first-order valence-electron chi connectivity index (χ1n) is 3.78. The number of ether oxygens (including phenoxy) is 1. The fraction of sp³-hybridized carbons (Fsp3) is 0.400. The molecule has 0 atom stereocenters. The highest BCUT2D eigenvalue weighted by Crippen LogP contribution is 1.94. The van der Waals surface area contributed by atoms with Crippen LogP contribution in [0.2, 0.25) is 0 Å². The SMILES string of the molecule is [CH2-]C#CC#COC(=O)CCCC. The summed E-state index contributed by atoms with van der Waals surface area (Å²) in [6, 6.07) is 0. The highest BCUT2D eigenvalue weighted by molar-refractivity contribution is 5.70. The molecule has 0 aromatic rings. The predicted octanol–water partition coefficient (Wildman–Crippen LogP) is 1.52. The fourth-order valence-electron chi connectivity index (χ4n) is 0.524. The summed E-state index contributed by atoms with van der Waals surface area (Å²) in [5.74, 6) is 6.71. The van der Waals surface area contributed by atoms with Crippen LogP contribution in [0.15, 0.2) is 0 Å². The molecular formula is C10H11O2-. The van der Waals surface area contributed by atoms with Gasteiger partial charge in [-0.15, -0.1) is 0 Å². The van der Waals surface area contributed by atoms with Gasteiger partial charge >= 0.3 is 5.97 Å².